The predicted molar refractivity (Wildman–Crippen MR) is 92.3 cm³/mol. The monoisotopic (exact) mass is 323 g/mol. The summed E-state index contributed by atoms with van der Waals surface area (Å²) < 4.78 is 0. The number of carbonyl (C=O) groups excluding carboxylic acids is 2. The summed E-state index contributed by atoms with van der Waals surface area (Å²) in [5.74, 6) is -0.653. The van der Waals surface area contributed by atoms with Gasteiger partial charge in [0.15, 0.2) is 0 Å². The van der Waals surface area contributed by atoms with Crippen molar-refractivity contribution in [2.24, 2.45) is 0 Å². The molecule has 1 aliphatic rings. The Kier molecular flexibility index (Phi) is 5.23. The van der Waals surface area contributed by atoms with E-state index in [4.69, 9.17) is 0 Å². The minimum Gasteiger partial charge on any atom is -0.299 e. The van der Waals surface area contributed by atoms with Gasteiger partial charge in [-0.2, -0.15) is 0 Å². The number of benzene rings is 2. The van der Waals surface area contributed by atoms with Crippen molar-refractivity contribution in [1.82, 2.24) is 15.8 Å². The second-order valence-corrected chi connectivity index (χ2v) is 5.96. The average Bonchev–Trinajstić information content (AvgIpc) is 3.13. The number of hydrazine groups is 1. The van der Waals surface area contributed by atoms with Crippen LogP contribution in [-0.2, 0) is 6.54 Å². The Labute approximate surface area is 141 Å². The molecule has 5 heteroatoms. The third-order valence-corrected chi connectivity index (χ3v) is 4.12. The third kappa shape index (κ3) is 4.20. The highest BCUT2D eigenvalue weighted by atomic mass is 16.2. The second kappa shape index (κ2) is 7.75. The molecule has 2 N–H and O–H groups in total. The normalized spacial score (nSPS) is 14.3. The van der Waals surface area contributed by atoms with Crippen LogP contribution in [0.15, 0.2) is 54.6 Å². The van der Waals surface area contributed by atoms with Gasteiger partial charge >= 0.3 is 0 Å². The first-order valence-electron chi connectivity index (χ1n) is 8.19. The number of hydrogen-bond acceptors (Lipinski definition) is 3. The molecule has 0 aromatic heterocycles. The van der Waals surface area contributed by atoms with Crippen LogP contribution in [-0.4, -0.2) is 29.8 Å². The molecule has 24 heavy (non-hydrogen) atoms. The van der Waals surface area contributed by atoms with Gasteiger partial charge in [0.2, 0.25) is 0 Å². The molecule has 1 aliphatic heterocycles. The predicted octanol–water partition coefficient (Wildman–Crippen LogP) is 2.36. The van der Waals surface area contributed by atoms with Gasteiger partial charge in [-0.15, -0.1) is 0 Å². The molecule has 0 radical (unpaired) electrons. The molecule has 1 heterocycles. The quantitative estimate of drug-likeness (QED) is 0.849. The van der Waals surface area contributed by atoms with Crippen molar-refractivity contribution in [3.05, 3.63) is 71.3 Å². The number of amides is 2. The van der Waals surface area contributed by atoms with Crippen molar-refractivity contribution < 1.29 is 9.59 Å². The lowest BCUT2D eigenvalue weighted by Crippen LogP contribution is -2.41. The standard InChI is InChI=1S/C19H21N3O2/c23-18(16-8-2-1-3-9-16)20-21-19(24)17-10-6-7-15(13-17)14-22-11-4-5-12-22/h1-3,6-10,13H,4-5,11-12,14H2,(H,20,23)(H,21,24). The van der Waals surface area contributed by atoms with E-state index >= 15 is 0 Å². The lowest BCUT2D eigenvalue weighted by Gasteiger charge is -2.15. The topological polar surface area (TPSA) is 61.4 Å². The van der Waals surface area contributed by atoms with Crippen LogP contribution in [0.5, 0.6) is 0 Å². The van der Waals surface area contributed by atoms with Gasteiger partial charge in [-0.25, -0.2) is 0 Å². The van der Waals surface area contributed by atoms with Crippen LogP contribution in [0.1, 0.15) is 39.1 Å². The smallest absolute Gasteiger partial charge is 0.269 e. The Bertz CT molecular complexity index is 710. The molecule has 0 spiro atoms. The van der Waals surface area contributed by atoms with Crippen LogP contribution in [0.2, 0.25) is 0 Å². The van der Waals surface area contributed by atoms with Gasteiger partial charge in [0.25, 0.3) is 11.8 Å². The summed E-state index contributed by atoms with van der Waals surface area (Å²) in [5.41, 5.74) is 7.06. The Morgan fingerprint density at radius 2 is 1.46 bits per heavy atom. The highest BCUT2D eigenvalue weighted by molar-refractivity contribution is 5.99. The Balaban J connectivity index is 1.57. The SMILES string of the molecule is O=C(NNC(=O)c1cccc(CN2CCCC2)c1)c1ccccc1. The fourth-order valence-corrected chi connectivity index (χ4v) is 2.86. The minimum atomic E-state index is -0.336. The molecular formula is C19H21N3O2. The molecule has 0 saturated carbocycles. The van der Waals surface area contributed by atoms with E-state index in [2.05, 4.69) is 15.8 Å². The van der Waals surface area contributed by atoms with Crippen molar-refractivity contribution in [1.29, 1.82) is 0 Å². The van der Waals surface area contributed by atoms with E-state index in [1.807, 2.05) is 24.3 Å². The van der Waals surface area contributed by atoms with Gasteiger partial charge in [-0.1, -0.05) is 30.3 Å². The van der Waals surface area contributed by atoms with E-state index < -0.39 is 0 Å². The molecule has 1 saturated heterocycles. The summed E-state index contributed by atoms with van der Waals surface area (Å²) in [6, 6.07) is 16.3. The zero-order chi connectivity index (χ0) is 16.8. The summed E-state index contributed by atoms with van der Waals surface area (Å²) in [5, 5.41) is 0. The van der Waals surface area contributed by atoms with Gasteiger partial charge in [-0.05, 0) is 55.8 Å². The number of nitrogens with zero attached hydrogens (tertiary/aromatic N) is 1. The third-order valence-electron chi connectivity index (χ3n) is 4.12. The van der Waals surface area contributed by atoms with Crippen LogP contribution in [0.25, 0.3) is 0 Å². The summed E-state index contributed by atoms with van der Waals surface area (Å²) in [4.78, 5) is 26.6. The zero-order valence-corrected chi connectivity index (χ0v) is 13.5. The largest absolute Gasteiger partial charge is 0.299 e. The summed E-state index contributed by atoms with van der Waals surface area (Å²) in [7, 11) is 0. The molecule has 124 valence electrons. The van der Waals surface area contributed by atoms with Crippen LogP contribution < -0.4 is 10.9 Å². The first kappa shape index (κ1) is 16.2. The minimum absolute atomic E-state index is 0.317. The molecular weight excluding hydrogens is 302 g/mol. The van der Waals surface area contributed by atoms with E-state index in [1.54, 1.807) is 30.3 Å². The number of nitrogens with one attached hydrogen (secondary N) is 2. The lowest BCUT2D eigenvalue weighted by molar-refractivity contribution is 0.0846. The number of carbonyl (C=O) groups is 2. The number of likely N-dealkylation sites (tertiary alicyclic amines) is 1. The fourth-order valence-electron chi connectivity index (χ4n) is 2.86. The maximum atomic E-state index is 12.2. The number of rotatable bonds is 4. The zero-order valence-electron chi connectivity index (χ0n) is 13.5. The molecule has 0 bridgehead atoms. The molecule has 0 unspecified atom stereocenters. The van der Waals surface area contributed by atoms with Crippen molar-refractivity contribution >= 4 is 11.8 Å². The van der Waals surface area contributed by atoms with Crippen molar-refractivity contribution in [3.8, 4) is 0 Å². The Morgan fingerprint density at radius 1 is 0.833 bits per heavy atom. The fraction of sp³-hybridized carbons (Fsp3) is 0.263. The summed E-state index contributed by atoms with van der Waals surface area (Å²) in [6.07, 6.45) is 2.48. The van der Waals surface area contributed by atoms with Crippen molar-refractivity contribution in [2.45, 2.75) is 19.4 Å². The maximum absolute atomic E-state index is 12.2. The van der Waals surface area contributed by atoms with Crippen LogP contribution in [0.4, 0.5) is 0 Å². The Hall–Kier alpha value is -2.66. The highest BCUT2D eigenvalue weighted by Crippen LogP contribution is 2.13. The molecule has 5 nitrogen and oxygen atoms in total. The first-order valence-corrected chi connectivity index (χ1v) is 8.19. The molecule has 1 fully saturated rings. The van der Waals surface area contributed by atoms with Gasteiger partial charge in [0.1, 0.15) is 0 Å². The van der Waals surface area contributed by atoms with Crippen LogP contribution in [0.3, 0.4) is 0 Å². The molecule has 3 rings (SSSR count). The summed E-state index contributed by atoms with van der Waals surface area (Å²) >= 11 is 0. The van der Waals surface area contributed by atoms with Gasteiger partial charge in [-0.3, -0.25) is 25.3 Å². The molecule has 2 amide bonds. The van der Waals surface area contributed by atoms with E-state index in [9.17, 15) is 9.59 Å². The van der Waals surface area contributed by atoms with E-state index in [-0.39, 0.29) is 11.8 Å². The first-order chi connectivity index (χ1) is 11.7. The lowest BCUT2D eigenvalue weighted by atomic mass is 10.1. The van der Waals surface area contributed by atoms with E-state index in [1.165, 1.54) is 12.8 Å². The second-order valence-electron chi connectivity index (χ2n) is 5.96. The highest BCUT2D eigenvalue weighted by Gasteiger charge is 2.13. The Morgan fingerprint density at radius 3 is 2.17 bits per heavy atom. The van der Waals surface area contributed by atoms with E-state index in [0.717, 1.165) is 25.2 Å². The molecule has 2 aromatic rings. The van der Waals surface area contributed by atoms with Gasteiger partial charge < -0.3 is 0 Å². The van der Waals surface area contributed by atoms with Crippen molar-refractivity contribution in [3.63, 3.8) is 0 Å². The van der Waals surface area contributed by atoms with Crippen LogP contribution in [0, 0.1) is 0 Å². The average molecular weight is 323 g/mol. The van der Waals surface area contributed by atoms with Gasteiger partial charge in [0.05, 0.1) is 0 Å². The molecule has 2 aromatic carbocycles. The number of hydrogen-bond donors (Lipinski definition) is 2. The summed E-state index contributed by atoms with van der Waals surface area (Å²) in [6.45, 7) is 3.09. The molecule has 0 atom stereocenters. The molecule has 0 aliphatic carbocycles. The van der Waals surface area contributed by atoms with E-state index in [0.29, 0.717) is 11.1 Å². The van der Waals surface area contributed by atoms with Crippen molar-refractivity contribution in [2.75, 3.05) is 13.1 Å². The maximum Gasteiger partial charge on any atom is 0.269 e. The van der Waals surface area contributed by atoms with Gasteiger partial charge in [0, 0.05) is 17.7 Å². The van der Waals surface area contributed by atoms with Crippen LogP contribution >= 0.6 is 0 Å².